The van der Waals surface area contributed by atoms with E-state index in [9.17, 15) is 4.79 Å². The first-order valence-corrected chi connectivity index (χ1v) is 6.49. The number of rotatable bonds is 2. The summed E-state index contributed by atoms with van der Waals surface area (Å²) in [6, 6.07) is 7.31. The highest BCUT2D eigenvalue weighted by Crippen LogP contribution is 2.17. The van der Waals surface area contributed by atoms with Crippen LogP contribution in [0.2, 0.25) is 0 Å². The smallest absolute Gasteiger partial charge is 0.256 e. The third-order valence-electron chi connectivity index (χ3n) is 3.26. The lowest BCUT2D eigenvalue weighted by molar-refractivity contribution is -0.0124. The van der Waals surface area contributed by atoms with Gasteiger partial charge >= 0.3 is 0 Å². The van der Waals surface area contributed by atoms with E-state index in [-0.39, 0.29) is 12.0 Å². The van der Waals surface area contributed by atoms with Crippen LogP contribution in [0.15, 0.2) is 30.6 Å². The van der Waals surface area contributed by atoms with Crippen molar-refractivity contribution in [2.75, 3.05) is 19.7 Å². The van der Waals surface area contributed by atoms with Gasteiger partial charge in [0.2, 0.25) is 0 Å². The number of amides is 1. The molecule has 20 heavy (non-hydrogen) atoms. The fourth-order valence-electron chi connectivity index (χ4n) is 2.30. The van der Waals surface area contributed by atoms with E-state index >= 15 is 0 Å². The average Bonchev–Trinajstić information content (AvgIpc) is 3.00. The highest BCUT2D eigenvalue weighted by molar-refractivity contribution is 5.97. The van der Waals surface area contributed by atoms with Crippen molar-refractivity contribution in [1.82, 2.24) is 25.1 Å². The van der Waals surface area contributed by atoms with Crippen LogP contribution < -0.4 is 0 Å². The number of carbonyl (C=O) groups excluding carboxylic acids is 1. The van der Waals surface area contributed by atoms with Crippen LogP contribution in [-0.2, 0) is 4.74 Å². The van der Waals surface area contributed by atoms with Gasteiger partial charge in [0, 0.05) is 13.1 Å². The molecule has 2 heterocycles. The van der Waals surface area contributed by atoms with Gasteiger partial charge in [0.15, 0.2) is 0 Å². The number of tetrazole rings is 1. The average molecular weight is 273 g/mol. The summed E-state index contributed by atoms with van der Waals surface area (Å²) in [6.45, 7) is 3.74. The van der Waals surface area contributed by atoms with Crippen LogP contribution >= 0.6 is 0 Å². The normalized spacial score (nSPS) is 19.1. The van der Waals surface area contributed by atoms with Crippen molar-refractivity contribution in [1.29, 1.82) is 0 Å². The molecule has 0 aliphatic carbocycles. The quantitative estimate of drug-likeness (QED) is 0.797. The first-order chi connectivity index (χ1) is 9.75. The Morgan fingerprint density at radius 1 is 1.40 bits per heavy atom. The highest BCUT2D eigenvalue weighted by atomic mass is 16.5. The molecule has 1 fully saturated rings. The molecule has 0 N–H and O–H groups in total. The molecule has 1 saturated heterocycles. The molecule has 0 spiro atoms. The summed E-state index contributed by atoms with van der Waals surface area (Å²) in [5.74, 6) is -0.0220. The molecule has 3 rings (SSSR count). The third-order valence-corrected chi connectivity index (χ3v) is 3.26. The zero-order chi connectivity index (χ0) is 13.9. The van der Waals surface area contributed by atoms with Crippen LogP contribution in [0.1, 0.15) is 17.3 Å². The van der Waals surface area contributed by atoms with Crippen molar-refractivity contribution in [3.05, 3.63) is 36.2 Å². The predicted molar refractivity (Wildman–Crippen MR) is 70.5 cm³/mol. The van der Waals surface area contributed by atoms with E-state index in [1.807, 2.05) is 25.1 Å². The fraction of sp³-hybridized carbons (Fsp3) is 0.385. The van der Waals surface area contributed by atoms with E-state index in [0.29, 0.717) is 30.9 Å². The second kappa shape index (κ2) is 5.38. The molecule has 104 valence electrons. The lowest BCUT2D eigenvalue weighted by atomic mass is 10.1. The number of benzene rings is 1. The van der Waals surface area contributed by atoms with Gasteiger partial charge in [0.1, 0.15) is 6.33 Å². The molecule has 0 bridgehead atoms. The van der Waals surface area contributed by atoms with Gasteiger partial charge in [-0.05, 0) is 29.5 Å². The molecule has 1 aliphatic rings. The molecule has 1 aromatic heterocycles. The second-order valence-corrected chi connectivity index (χ2v) is 4.70. The summed E-state index contributed by atoms with van der Waals surface area (Å²) in [5.41, 5.74) is 1.27. The fourth-order valence-corrected chi connectivity index (χ4v) is 2.30. The first-order valence-electron chi connectivity index (χ1n) is 6.49. The number of morpholine rings is 1. The molecule has 1 aliphatic heterocycles. The van der Waals surface area contributed by atoms with Crippen molar-refractivity contribution in [2.24, 2.45) is 0 Å². The molecule has 7 heteroatoms. The maximum absolute atomic E-state index is 12.6. The van der Waals surface area contributed by atoms with Crippen LogP contribution in [-0.4, -0.2) is 56.8 Å². The van der Waals surface area contributed by atoms with Gasteiger partial charge in [-0.15, -0.1) is 5.10 Å². The Labute approximate surface area is 116 Å². The standard InChI is InChI=1S/C13H15N5O2/c1-10-8-17(6-7-20-10)13(19)11-4-2-3-5-12(11)18-9-14-15-16-18/h2-5,9-10H,6-8H2,1H3. The first kappa shape index (κ1) is 12.7. The summed E-state index contributed by atoms with van der Waals surface area (Å²) in [5, 5.41) is 11.1. The molecular formula is C13H15N5O2. The van der Waals surface area contributed by atoms with E-state index in [4.69, 9.17) is 4.74 Å². The highest BCUT2D eigenvalue weighted by Gasteiger charge is 2.24. The zero-order valence-corrected chi connectivity index (χ0v) is 11.1. The van der Waals surface area contributed by atoms with Crippen molar-refractivity contribution < 1.29 is 9.53 Å². The van der Waals surface area contributed by atoms with Crippen molar-refractivity contribution in [3.63, 3.8) is 0 Å². The molecule has 1 unspecified atom stereocenters. The van der Waals surface area contributed by atoms with Crippen LogP contribution in [0.5, 0.6) is 0 Å². The number of hydrogen-bond acceptors (Lipinski definition) is 5. The monoisotopic (exact) mass is 273 g/mol. The molecular weight excluding hydrogens is 258 g/mol. The van der Waals surface area contributed by atoms with Crippen LogP contribution in [0.3, 0.4) is 0 Å². The van der Waals surface area contributed by atoms with Crippen LogP contribution in [0, 0.1) is 0 Å². The van der Waals surface area contributed by atoms with Gasteiger partial charge < -0.3 is 9.64 Å². The molecule has 2 aromatic rings. The number of ether oxygens (including phenoxy) is 1. The van der Waals surface area contributed by atoms with Crippen molar-refractivity contribution >= 4 is 5.91 Å². The Hall–Kier alpha value is -2.28. The topological polar surface area (TPSA) is 73.1 Å². The van der Waals surface area contributed by atoms with Crippen LogP contribution in [0.4, 0.5) is 0 Å². The van der Waals surface area contributed by atoms with Crippen molar-refractivity contribution in [3.8, 4) is 5.69 Å². The number of carbonyl (C=O) groups is 1. The van der Waals surface area contributed by atoms with E-state index in [1.165, 1.54) is 11.0 Å². The molecule has 0 saturated carbocycles. The van der Waals surface area contributed by atoms with Gasteiger partial charge in [-0.3, -0.25) is 4.79 Å². The molecule has 0 radical (unpaired) electrons. The van der Waals surface area contributed by atoms with Gasteiger partial charge in [-0.25, -0.2) is 0 Å². The maximum Gasteiger partial charge on any atom is 0.256 e. The third kappa shape index (κ3) is 2.39. The predicted octanol–water partition coefficient (Wildman–Crippen LogP) is 0.523. The lowest BCUT2D eigenvalue weighted by Crippen LogP contribution is -2.44. The summed E-state index contributed by atoms with van der Waals surface area (Å²) in [6.07, 6.45) is 1.54. The van der Waals surface area contributed by atoms with Crippen molar-refractivity contribution in [2.45, 2.75) is 13.0 Å². The van der Waals surface area contributed by atoms with E-state index in [2.05, 4.69) is 15.5 Å². The molecule has 1 aromatic carbocycles. The Kier molecular flexibility index (Phi) is 3.42. The molecule has 1 amide bonds. The van der Waals surface area contributed by atoms with Crippen LogP contribution in [0.25, 0.3) is 5.69 Å². The Balaban J connectivity index is 1.92. The summed E-state index contributed by atoms with van der Waals surface area (Å²) >= 11 is 0. The van der Waals surface area contributed by atoms with E-state index in [0.717, 1.165) is 0 Å². The zero-order valence-electron chi connectivity index (χ0n) is 11.1. The van der Waals surface area contributed by atoms with Gasteiger partial charge in [0.05, 0.1) is 24.0 Å². The Morgan fingerprint density at radius 3 is 3.00 bits per heavy atom. The summed E-state index contributed by atoms with van der Waals surface area (Å²) in [7, 11) is 0. The van der Waals surface area contributed by atoms with Gasteiger partial charge in [0.25, 0.3) is 5.91 Å². The Bertz CT molecular complexity index is 599. The second-order valence-electron chi connectivity index (χ2n) is 4.70. The largest absolute Gasteiger partial charge is 0.375 e. The minimum atomic E-state index is -0.0220. The Morgan fingerprint density at radius 2 is 2.25 bits per heavy atom. The van der Waals surface area contributed by atoms with Gasteiger partial charge in [-0.1, -0.05) is 12.1 Å². The maximum atomic E-state index is 12.6. The minimum Gasteiger partial charge on any atom is -0.375 e. The SMILES string of the molecule is CC1CN(C(=O)c2ccccc2-n2cnnn2)CCO1. The minimum absolute atomic E-state index is 0.0220. The number of hydrogen-bond donors (Lipinski definition) is 0. The number of aromatic nitrogens is 4. The number of para-hydroxylation sites is 1. The molecule has 7 nitrogen and oxygen atoms in total. The van der Waals surface area contributed by atoms with Gasteiger partial charge in [-0.2, -0.15) is 4.68 Å². The molecule has 1 atom stereocenters. The summed E-state index contributed by atoms with van der Waals surface area (Å²) < 4.78 is 6.96. The summed E-state index contributed by atoms with van der Waals surface area (Å²) in [4.78, 5) is 14.5. The van der Waals surface area contributed by atoms with E-state index < -0.39 is 0 Å². The number of nitrogens with zero attached hydrogens (tertiary/aromatic N) is 5. The van der Waals surface area contributed by atoms with E-state index in [1.54, 1.807) is 11.0 Å². The lowest BCUT2D eigenvalue weighted by Gasteiger charge is -2.31.